The van der Waals surface area contributed by atoms with Crippen LogP contribution in [-0.4, -0.2) is 54.9 Å². The van der Waals surface area contributed by atoms with E-state index < -0.39 is 10.0 Å². The number of aromatic nitrogens is 1. The fraction of sp³-hybridized carbons (Fsp3) is 0.600. The largest absolute Gasteiger partial charge is 0.360 e. The normalized spacial score (nSPS) is 21.0. The van der Waals surface area contributed by atoms with E-state index in [4.69, 9.17) is 4.52 Å². The molecule has 2 saturated heterocycles. The highest BCUT2D eigenvalue weighted by Gasteiger charge is 2.35. The highest BCUT2D eigenvalue weighted by molar-refractivity contribution is 7.89. The Morgan fingerprint density at radius 1 is 1.09 bits per heavy atom. The molecular formula is C25H36N4O4S. The first kappa shape index (κ1) is 24.9. The minimum absolute atomic E-state index is 0.0132. The summed E-state index contributed by atoms with van der Waals surface area (Å²) in [6.45, 7) is 9.97. The van der Waals surface area contributed by atoms with Crippen molar-refractivity contribution in [1.82, 2.24) is 19.7 Å². The van der Waals surface area contributed by atoms with Gasteiger partial charge in [0.25, 0.3) is 0 Å². The third-order valence-electron chi connectivity index (χ3n) is 7.03. The summed E-state index contributed by atoms with van der Waals surface area (Å²) in [6.07, 6.45) is 3.60. The summed E-state index contributed by atoms with van der Waals surface area (Å²) in [5.41, 5.74) is 2.74. The Balaban J connectivity index is 1.24. The molecule has 0 aliphatic carbocycles. The van der Waals surface area contributed by atoms with Gasteiger partial charge in [-0.1, -0.05) is 36.3 Å². The number of likely N-dealkylation sites (tertiary alicyclic amines) is 1. The second-order valence-corrected chi connectivity index (χ2v) is 11.7. The monoisotopic (exact) mass is 488 g/mol. The molecule has 2 fully saturated rings. The van der Waals surface area contributed by atoms with Gasteiger partial charge in [0, 0.05) is 38.6 Å². The zero-order valence-corrected chi connectivity index (χ0v) is 21.2. The maximum Gasteiger partial charge on any atom is 0.248 e. The number of nitrogens with one attached hydrogen (secondary N) is 1. The summed E-state index contributed by atoms with van der Waals surface area (Å²) < 4.78 is 32.4. The van der Waals surface area contributed by atoms with Crippen LogP contribution in [0, 0.1) is 25.7 Å². The number of hydrogen-bond donors (Lipinski definition) is 1. The maximum absolute atomic E-state index is 13.0. The van der Waals surface area contributed by atoms with E-state index in [1.54, 1.807) is 13.8 Å². The molecule has 2 aromatic rings. The van der Waals surface area contributed by atoms with Gasteiger partial charge in [-0.15, -0.1) is 0 Å². The standard InChI is InChI=1S/C25H36N4O4S/c1-18-5-4-12-28(16-18)17-22-8-6-21(7-9-22)15-26-25(30)23-10-13-29(14-11-23)34(31,32)24-19(2)27-33-20(24)3/h6-9,18,23H,4-5,10-17H2,1-3H3,(H,26,30). The van der Waals surface area contributed by atoms with Crippen molar-refractivity contribution in [3.63, 3.8) is 0 Å². The lowest BCUT2D eigenvalue weighted by Gasteiger charge is -2.31. The first-order valence-corrected chi connectivity index (χ1v) is 13.7. The molecule has 2 aliphatic rings. The fourth-order valence-electron chi connectivity index (χ4n) is 5.11. The molecule has 34 heavy (non-hydrogen) atoms. The lowest BCUT2D eigenvalue weighted by Crippen LogP contribution is -2.43. The molecule has 1 unspecified atom stereocenters. The Morgan fingerprint density at radius 3 is 2.38 bits per heavy atom. The molecule has 4 rings (SSSR count). The molecule has 1 N–H and O–H groups in total. The van der Waals surface area contributed by atoms with E-state index in [0.717, 1.165) is 24.6 Å². The van der Waals surface area contributed by atoms with Crippen LogP contribution in [0.15, 0.2) is 33.7 Å². The van der Waals surface area contributed by atoms with Crippen LogP contribution >= 0.6 is 0 Å². The highest BCUT2D eigenvalue weighted by atomic mass is 32.2. The van der Waals surface area contributed by atoms with E-state index in [1.807, 2.05) is 0 Å². The Kier molecular flexibility index (Phi) is 7.74. The molecule has 1 atom stereocenters. The summed E-state index contributed by atoms with van der Waals surface area (Å²) in [6, 6.07) is 8.47. The first-order valence-electron chi connectivity index (χ1n) is 12.2. The zero-order valence-electron chi connectivity index (χ0n) is 20.4. The summed E-state index contributed by atoms with van der Waals surface area (Å²) in [4.78, 5) is 15.4. The number of amides is 1. The van der Waals surface area contributed by atoms with Crippen LogP contribution in [0.3, 0.4) is 0 Å². The second kappa shape index (κ2) is 10.6. The van der Waals surface area contributed by atoms with Crippen molar-refractivity contribution in [2.75, 3.05) is 26.2 Å². The smallest absolute Gasteiger partial charge is 0.248 e. The minimum Gasteiger partial charge on any atom is -0.360 e. The number of rotatable bonds is 7. The van der Waals surface area contributed by atoms with Crippen molar-refractivity contribution in [3.05, 3.63) is 46.8 Å². The van der Waals surface area contributed by atoms with E-state index in [0.29, 0.717) is 43.9 Å². The Morgan fingerprint density at radius 2 is 1.76 bits per heavy atom. The highest BCUT2D eigenvalue weighted by Crippen LogP contribution is 2.27. The average molecular weight is 489 g/mol. The van der Waals surface area contributed by atoms with Gasteiger partial charge in [0.15, 0.2) is 5.76 Å². The Hall–Kier alpha value is -2.23. The third kappa shape index (κ3) is 5.70. The zero-order chi connectivity index (χ0) is 24.3. The number of sulfonamides is 1. The van der Waals surface area contributed by atoms with Crippen LogP contribution in [0.5, 0.6) is 0 Å². The molecule has 2 aliphatic heterocycles. The number of benzene rings is 1. The number of carbonyl (C=O) groups excluding carboxylic acids is 1. The summed E-state index contributed by atoms with van der Waals surface area (Å²) in [5.74, 6) is 0.872. The SMILES string of the molecule is Cc1noc(C)c1S(=O)(=O)N1CCC(C(=O)NCc2ccc(CN3CCCC(C)C3)cc2)CC1. The van der Waals surface area contributed by atoms with Crippen molar-refractivity contribution >= 4 is 15.9 Å². The Labute approximate surface area is 202 Å². The van der Waals surface area contributed by atoms with Gasteiger partial charge in [0.05, 0.1) is 0 Å². The van der Waals surface area contributed by atoms with Gasteiger partial charge < -0.3 is 9.84 Å². The average Bonchev–Trinajstić information content (AvgIpc) is 3.17. The van der Waals surface area contributed by atoms with Gasteiger partial charge in [-0.2, -0.15) is 4.31 Å². The van der Waals surface area contributed by atoms with E-state index >= 15 is 0 Å². The summed E-state index contributed by atoms with van der Waals surface area (Å²) >= 11 is 0. The fourth-order valence-corrected chi connectivity index (χ4v) is 6.88. The van der Waals surface area contributed by atoms with E-state index in [1.165, 1.54) is 29.3 Å². The van der Waals surface area contributed by atoms with Crippen molar-refractivity contribution in [1.29, 1.82) is 0 Å². The van der Waals surface area contributed by atoms with Crippen LogP contribution < -0.4 is 5.32 Å². The molecule has 3 heterocycles. The molecule has 1 amide bonds. The van der Waals surface area contributed by atoms with Crippen LogP contribution in [0.2, 0.25) is 0 Å². The van der Waals surface area contributed by atoms with Gasteiger partial charge in [0.2, 0.25) is 15.9 Å². The van der Waals surface area contributed by atoms with Crippen molar-refractivity contribution in [2.45, 2.75) is 64.4 Å². The van der Waals surface area contributed by atoms with Crippen molar-refractivity contribution < 1.29 is 17.7 Å². The first-order chi connectivity index (χ1) is 16.2. The quantitative estimate of drug-likeness (QED) is 0.643. The van der Waals surface area contributed by atoms with Crippen molar-refractivity contribution in [3.8, 4) is 0 Å². The van der Waals surface area contributed by atoms with Gasteiger partial charge in [-0.05, 0) is 63.1 Å². The molecule has 0 radical (unpaired) electrons. The number of carbonyl (C=O) groups is 1. The molecule has 0 bridgehead atoms. The second-order valence-electron chi connectivity index (χ2n) is 9.85. The van der Waals surface area contributed by atoms with Crippen LogP contribution in [0.1, 0.15) is 55.2 Å². The number of hydrogen-bond acceptors (Lipinski definition) is 6. The molecule has 1 aromatic heterocycles. The van der Waals surface area contributed by atoms with Gasteiger partial charge in [-0.25, -0.2) is 8.42 Å². The molecular weight excluding hydrogens is 452 g/mol. The van der Waals surface area contributed by atoms with E-state index in [9.17, 15) is 13.2 Å². The molecule has 0 saturated carbocycles. The van der Waals surface area contributed by atoms with Crippen LogP contribution in [0.25, 0.3) is 0 Å². The number of piperidine rings is 2. The predicted molar refractivity (Wildman–Crippen MR) is 129 cm³/mol. The van der Waals surface area contributed by atoms with Crippen LogP contribution in [-0.2, 0) is 27.9 Å². The molecule has 9 heteroatoms. The van der Waals surface area contributed by atoms with Crippen LogP contribution in [0.4, 0.5) is 0 Å². The predicted octanol–water partition coefficient (Wildman–Crippen LogP) is 3.24. The number of aryl methyl sites for hydroxylation is 2. The van der Waals surface area contributed by atoms with Gasteiger partial charge in [0.1, 0.15) is 10.6 Å². The number of nitrogens with zero attached hydrogens (tertiary/aromatic N) is 3. The van der Waals surface area contributed by atoms with E-state index in [-0.39, 0.29) is 16.7 Å². The molecule has 186 valence electrons. The van der Waals surface area contributed by atoms with Crippen molar-refractivity contribution in [2.24, 2.45) is 11.8 Å². The Bertz CT molecular complexity index is 1070. The topological polar surface area (TPSA) is 95.8 Å². The summed E-state index contributed by atoms with van der Waals surface area (Å²) in [7, 11) is -3.66. The maximum atomic E-state index is 13.0. The molecule has 1 aromatic carbocycles. The summed E-state index contributed by atoms with van der Waals surface area (Å²) in [5, 5.41) is 6.80. The van der Waals surface area contributed by atoms with E-state index in [2.05, 4.69) is 46.6 Å². The van der Waals surface area contributed by atoms with Gasteiger partial charge >= 0.3 is 0 Å². The lowest BCUT2D eigenvalue weighted by atomic mass is 9.97. The van der Waals surface area contributed by atoms with Gasteiger partial charge in [-0.3, -0.25) is 9.69 Å². The molecule has 8 nitrogen and oxygen atoms in total. The lowest BCUT2D eigenvalue weighted by molar-refractivity contribution is -0.126. The molecule has 0 spiro atoms. The third-order valence-corrected chi connectivity index (χ3v) is 9.17. The minimum atomic E-state index is -3.66.